The Bertz CT molecular complexity index is 346. The van der Waals surface area contributed by atoms with Crippen LogP contribution in [0.3, 0.4) is 0 Å². The zero-order valence-electron chi connectivity index (χ0n) is 8.82. The number of methoxy groups -OCH3 is 2. The smallest absolute Gasteiger partial charge is 0.307 e. The number of hydrogen-bond acceptors (Lipinski definition) is 3. The average Bonchev–Trinajstić information content (AvgIpc) is 2.16. The standard InChI is InChI=1S/C11H14O4/c1-14-7-9-3-8(6-11(12)13)4-10(5-9)15-2/h3-5H,6-7H2,1-2H3,(H,12,13). The van der Waals surface area contributed by atoms with Gasteiger partial charge in [-0.15, -0.1) is 0 Å². The second kappa shape index (κ2) is 5.36. The number of carboxylic acids is 1. The third kappa shape index (κ3) is 3.59. The molecule has 1 N–H and O–H groups in total. The first kappa shape index (κ1) is 11.5. The summed E-state index contributed by atoms with van der Waals surface area (Å²) in [6, 6.07) is 5.35. The Labute approximate surface area is 88.4 Å². The number of benzene rings is 1. The Morgan fingerprint density at radius 1 is 1.27 bits per heavy atom. The summed E-state index contributed by atoms with van der Waals surface area (Å²) in [6.07, 6.45) is -0.00604. The fraction of sp³-hybridized carbons (Fsp3) is 0.364. The summed E-state index contributed by atoms with van der Waals surface area (Å²) in [5.41, 5.74) is 1.63. The van der Waals surface area contributed by atoms with Crippen LogP contribution in [0.2, 0.25) is 0 Å². The number of aliphatic carboxylic acids is 1. The molecule has 1 rings (SSSR count). The summed E-state index contributed by atoms with van der Waals surface area (Å²) in [6.45, 7) is 0.448. The van der Waals surface area contributed by atoms with E-state index in [-0.39, 0.29) is 6.42 Å². The van der Waals surface area contributed by atoms with Gasteiger partial charge in [-0.05, 0) is 23.3 Å². The van der Waals surface area contributed by atoms with Crippen LogP contribution in [0.15, 0.2) is 18.2 Å². The van der Waals surface area contributed by atoms with E-state index in [1.54, 1.807) is 26.4 Å². The number of hydrogen-bond donors (Lipinski definition) is 1. The van der Waals surface area contributed by atoms with E-state index in [0.717, 1.165) is 5.56 Å². The third-order valence-electron chi connectivity index (χ3n) is 1.93. The second-order valence-electron chi connectivity index (χ2n) is 3.19. The first-order valence-electron chi connectivity index (χ1n) is 4.53. The van der Waals surface area contributed by atoms with Crippen LogP contribution in [0.25, 0.3) is 0 Å². The Morgan fingerprint density at radius 3 is 2.47 bits per heavy atom. The molecule has 0 atom stereocenters. The van der Waals surface area contributed by atoms with Gasteiger partial charge < -0.3 is 14.6 Å². The molecular weight excluding hydrogens is 196 g/mol. The van der Waals surface area contributed by atoms with E-state index in [1.807, 2.05) is 6.07 Å². The lowest BCUT2D eigenvalue weighted by atomic mass is 10.1. The van der Waals surface area contributed by atoms with Crippen molar-refractivity contribution >= 4 is 5.97 Å². The van der Waals surface area contributed by atoms with Gasteiger partial charge in [0, 0.05) is 7.11 Å². The van der Waals surface area contributed by atoms with Crippen molar-refractivity contribution in [2.24, 2.45) is 0 Å². The fourth-order valence-corrected chi connectivity index (χ4v) is 1.37. The predicted octanol–water partition coefficient (Wildman–Crippen LogP) is 1.47. The molecule has 0 amide bonds. The van der Waals surface area contributed by atoms with Gasteiger partial charge in [0.25, 0.3) is 0 Å². The summed E-state index contributed by atoms with van der Waals surface area (Å²) in [7, 11) is 3.15. The normalized spacial score (nSPS) is 10.0. The molecule has 0 saturated heterocycles. The van der Waals surface area contributed by atoms with E-state index in [0.29, 0.717) is 17.9 Å². The van der Waals surface area contributed by atoms with Crippen molar-refractivity contribution in [1.82, 2.24) is 0 Å². The molecule has 1 aromatic carbocycles. The maximum atomic E-state index is 10.6. The highest BCUT2D eigenvalue weighted by Crippen LogP contribution is 2.18. The van der Waals surface area contributed by atoms with Crippen LogP contribution in [0.4, 0.5) is 0 Å². The molecule has 0 aliphatic heterocycles. The summed E-state index contributed by atoms with van der Waals surface area (Å²) in [5.74, 6) is -0.201. The van der Waals surface area contributed by atoms with Gasteiger partial charge in [0.15, 0.2) is 0 Å². The highest BCUT2D eigenvalue weighted by atomic mass is 16.5. The van der Waals surface area contributed by atoms with Crippen molar-refractivity contribution in [2.75, 3.05) is 14.2 Å². The zero-order valence-corrected chi connectivity index (χ0v) is 8.82. The second-order valence-corrected chi connectivity index (χ2v) is 3.19. The molecule has 82 valence electrons. The fourth-order valence-electron chi connectivity index (χ4n) is 1.37. The minimum absolute atomic E-state index is 0.00604. The van der Waals surface area contributed by atoms with Crippen LogP contribution in [0.5, 0.6) is 5.75 Å². The first-order valence-corrected chi connectivity index (χ1v) is 4.53. The van der Waals surface area contributed by atoms with Gasteiger partial charge in [0.2, 0.25) is 0 Å². The molecule has 0 unspecified atom stereocenters. The molecule has 0 aliphatic carbocycles. The van der Waals surface area contributed by atoms with Crippen molar-refractivity contribution in [3.05, 3.63) is 29.3 Å². The lowest BCUT2D eigenvalue weighted by Gasteiger charge is -2.07. The summed E-state index contributed by atoms with van der Waals surface area (Å²) in [4.78, 5) is 10.6. The molecule has 0 spiro atoms. The largest absolute Gasteiger partial charge is 0.497 e. The van der Waals surface area contributed by atoms with Gasteiger partial charge in [-0.2, -0.15) is 0 Å². The van der Waals surface area contributed by atoms with Gasteiger partial charge in [0.05, 0.1) is 20.1 Å². The van der Waals surface area contributed by atoms with E-state index in [9.17, 15) is 4.79 Å². The van der Waals surface area contributed by atoms with E-state index in [4.69, 9.17) is 14.6 Å². The first-order chi connectivity index (χ1) is 7.15. The SMILES string of the molecule is COCc1cc(CC(=O)O)cc(OC)c1. The molecule has 15 heavy (non-hydrogen) atoms. The lowest BCUT2D eigenvalue weighted by molar-refractivity contribution is -0.136. The minimum atomic E-state index is -0.855. The monoisotopic (exact) mass is 210 g/mol. The van der Waals surface area contributed by atoms with Crippen molar-refractivity contribution < 1.29 is 19.4 Å². The number of ether oxygens (including phenoxy) is 2. The molecule has 1 aromatic rings. The van der Waals surface area contributed by atoms with Gasteiger partial charge in [-0.25, -0.2) is 0 Å². The Kier molecular flexibility index (Phi) is 4.12. The molecule has 4 nitrogen and oxygen atoms in total. The van der Waals surface area contributed by atoms with Crippen LogP contribution in [0, 0.1) is 0 Å². The van der Waals surface area contributed by atoms with Gasteiger partial charge in [-0.1, -0.05) is 6.07 Å². The summed E-state index contributed by atoms with van der Waals surface area (Å²) in [5, 5.41) is 8.68. The highest BCUT2D eigenvalue weighted by molar-refractivity contribution is 5.70. The maximum Gasteiger partial charge on any atom is 0.307 e. The van der Waals surface area contributed by atoms with Crippen molar-refractivity contribution in [3.8, 4) is 5.75 Å². The summed E-state index contributed by atoms with van der Waals surface area (Å²) < 4.78 is 10.1. The number of carboxylic acid groups (broad SMARTS) is 1. The topological polar surface area (TPSA) is 55.8 Å². The zero-order chi connectivity index (χ0) is 11.3. The molecule has 0 aliphatic rings. The number of carbonyl (C=O) groups is 1. The van der Waals surface area contributed by atoms with Crippen LogP contribution in [-0.2, 0) is 22.6 Å². The van der Waals surface area contributed by atoms with Crippen molar-refractivity contribution in [3.63, 3.8) is 0 Å². The van der Waals surface area contributed by atoms with E-state index in [1.165, 1.54) is 0 Å². The van der Waals surface area contributed by atoms with E-state index in [2.05, 4.69) is 0 Å². The van der Waals surface area contributed by atoms with Crippen LogP contribution < -0.4 is 4.74 Å². The third-order valence-corrected chi connectivity index (χ3v) is 1.93. The molecule has 0 saturated carbocycles. The molecule has 0 aromatic heterocycles. The van der Waals surface area contributed by atoms with Crippen LogP contribution in [-0.4, -0.2) is 25.3 Å². The van der Waals surface area contributed by atoms with Gasteiger partial charge in [-0.3, -0.25) is 4.79 Å². The Balaban J connectivity index is 2.94. The molecule has 0 fully saturated rings. The molecule has 0 bridgehead atoms. The van der Waals surface area contributed by atoms with Gasteiger partial charge >= 0.3 is 5.97 Å². The van der Waals surface area contributed by atoms with Gasteiger partial charge in [0.1, 0.15) is 5.75 Å². The van der Waals surface area contributed by atoms with E-state index >= 15 is 0 Å². The Hall–Kier alpha value is -1.55. The summed E-state index contributed by atoms with van der Waals surface area (Å²) >= 11 is 0. The van der Waals surface area contributed by atoms with E-state index < -0.39 is 5.97 Å². The molecule has 0 radical (unpaired) electrons. The molecular formula is C11H14O4. The predicted molar refractivity (Wildman–Crippen MR) is 55.0 cm³/mol. The van der Waals surface area contributed by atoms with Crippen molar-refractivity contribution in [2.45, 2.75) is 13.0 Å². The van der Waals surface area contributed by atoms with Crippen LogP contribution >= 0.6 is 0 Å². The molecule has 0 heterocycles. The maximum absolute atomic E-state index is 10.6. The van der Waals surface area contributed by atoms with Crippen LogP contribution in [0.1, 0.15) is 11.1 Å². The quantitative estimate of drug-likeness (QED) is 0.799. The lowest BCUT2D eigenvalue weighted by Crippen LogP contribution is -2.01. The van der Waals surface area contributed by atoms with Crippen molar-refractivity contribution in [1.29, 1.82) is 0 Å². The average molecular weight is 210 g/mol. The Morgan fingerprint density at radius 2 is 1.93 bits per heavy atom. The highest BCUT2D eigenvalue weighted by Gasteiger charge is 2.05. The molecule has 4 heteroatoms. The minimum Gasteiger partial charge on any atom is -0.497 e. The number of rotatable bonds is 5.